The zero-order valence-corrected chi connectivity index (χ0v) is 8.49. The van der Waals surface area contributed by atoms with Gasteiger partial charge in [0.15, 0.2) is 0 Å². The summed E-state index contributed by atoms with van der Waals surface area (Å²) in [6.07, 6.45) is 1.19. The molecule has 64 valence electrons. The number of allylic oxidation sites excluding steroid dienone is 3. The van der Waals surface area contributed by atoms with Gasteiger partial charge in [0.25, 0.3) is 0 Å². The Balaban J connectivity index is 4.28. The lowest BCUT2D eigenvalue weighted by atomic mass is 9.97. The molecule has 0 heteroatoms. The number of hydrogen-bond acceptors (Lipinski definition) is 0. The van der Waals surface area contributed by atoms with Crippen LogP contribution in [0, 0.1) is 5.92 Å². The Labute approximate surface area is 71.0 Å². The summed E-state index contributed by atoms with van der Waals surface area (Å²) < 4.78 is 0. The first kappa shape index (κ1) is 10.5. The van der Waals surface area contributed by atoms with Gasteiger partial charge < -0.3 is 0 Å². The molecule has 0 N–H and O–H groups in total. The Morgan fingerprint density at radius 1 is 1.18 bits per heavy atom. The zero-order valence-electron chi connectivity index (χ0n) is 8.49. The first-order valence-electron chi connectivity index (χ1n) is 4.27. The number of rotatable bonds is 3. The molecule has 11 heavy (non-hydrogen) atoms. The SMILES string of the molecule is C=C(C)/C(C)=C(/C)CC(C)C. The van der Waals surface area contributed by atoms with E-state index in [2.05, 4.69) is 41.2 Å². The molecule has 0 atom stereocenters. The Bertz CT molecular complexity index is 170. The normalized spacial score (nSPS) is 13.3. The molecule has 0 heterocycles. The summed E-state index contributed by atoms with van der Waals surface area (Å²) in [6, 6.07) is 0. The summed E-state index contributed by atoms with van der Waals surface area (Å²) in [5.41, 5.74) is 4.05. The molecule has 0 aliphatic rings. The summed E-state index contributed by atoms with van der Waals surface area (Å²) in [5.74, 6) is 0.754. The van der Waals surface area contributed by atoms with Crippen LogP contribution in [0.2, 0.25) is 0 Å². The summed E-state index contributed by atoms with van der Waals surface area (Å²) in [7, 11) is 0. The van der Waals surface area contributed by atoms with Gasteiger partial charge in [0.1, 0.15) is 0 Å². The minimum absolute atomic E-state index is 0.754. The van der Waals surface area contributed by atoms with E-state index in [1.54, 1.807) is 0 Å². The molecule has 0 unspecified atom stereocenters. The van der Waals surface area contributed by atoms with Crippen LogP contribution in [-0.4, -0.2) is 0 Å². The third-order valence-electron chi connectivity index (χ3n) is 1.99. The van der Waals surface area contributed by atoms with E-state index < -0.39 is 0 Å². The minimum atomic E-state index is 0.754. The van der Waals surface area contributed by atoms with Crippen molar-refractivity contribution in [3.63, 3.8) is 0 Å². The Kier molecular flexibility index (Phi) is 4.17. The van der Waals surface area contributed by atoms with Crippen LogP contribution in [-0.2, 0) is 0 Å². The predicted octanol–water partition coefficient (Wildman–Crippen LogP) is 3.95. The van der Waals surface area contributed by atoms with Crippen molar-refractivity contribution in [3.05, 3.63) is 23.3 Å². The Morgan fingerprint density at radius 2 is 1.64 bits per heavy atom. The molecule has 0 saturated carbocycles. The van der Waals surface area contributed by atoms with Crippen molar-refractivity contribution in [3.8, 4) is 0 Å². The quantitative estimate of drug-likeness (QED) is 0.537. The van der Waals surface area contributed by atoms with Crippen molar-refractivity contribution < 1.29 is 0 Å². The van der Waals surface area contributed by atoms with Crippen LogP contribution in [0.15, 0.2) is 23.3 Å². The summed E-state index contributed by atoms with van der Waals surface area (Å²) in [6.45, 7) is 14.8. The fraction of sp³-hybridized carbons (Fsp3) is 0.636. The maximum atomic E-state index is 3.93. The summed E-state index contributed by atoms with van der Waals surface area (Å²) >= 11 is 0. The van der Waals surface area contributed by atoms with Crippen LogP contribution < -0.4 is 0 Å². The van der Waals surface area contributed by atoms with Gasteiger partial charge >= 0.3 is 0 Å². The predicted molar refractivity (Wildman–Crippen MR) is 52.6 cm³/mol. The first-order chi connectivity index (χ1) is 4.95. The van der Waals surface area contributed by atoms with Gasteiger partial charge in [-0.15, -0.1) is 0 Å². The van der Waals surface area contributed by atoms with E-state index in [1.807, 2.05) is 0 Å². The van der Waals surface area contributed by atoms with Gasteiger partial charge in [-0.1, -0.05) is 31.6 Å². The highest BCUT2D eigenvalue weighted by molar-refractivity contribution is 5.28. The lowest BCUT2D eigenvalue weighted by molar-refractivity contribution is 0.639. The van der Waals surface area contributed by atoms with E-state index in [0.717, 1.165) is 5.92 Å². The van der Waals surface area contributed by atoms with Crippen LogP contribution in [0.3, 0.4) is 0 Å². The molecular weight excluding hydrogens is 132 g/mol. The van der Waals surface area contributed by atoms with E-state index in [0.29, 0.717) is 0 Å². The van der Waals surface area contributed by atoms with Gasteiger partial charge in [0, 0.05) is 0 Å². The second-order valence-corrected chi connectivity index (χ2v) is 3.78. The molecule has 0 radical (unpaired) electrons. The first-order valence-corrected chi connectivity index (χ1v) is 4.27. The molecule has 0 bridgehead atoms. The zero-order chi connectivity index (χ0) is 9.02. The van der Waals surface area contributed by atoms with Crippen LogP contribution in [0.25, 0.3) is 0 Å². The smallest absolute Gasteiger partial charge is 0.0294 e. The van der Waals surface area contributed by atoms with Crippen molar-refractivity contribution in [2.45, 2.75) is 41.0 Å². The second kappa shape index (κ2) is 4.38. The third kappa shape index (κ3) is 4.02. The van der Waals surface area contributed by atoms with Gasteiger partial charge in [-0.25, -0.2) is 0 Å². The average Bonchev–Trinajstić information content (AvgIpc) is 1.84. The maximum absolute atomic E-state index is 3.93. The van der Waals surface area contributed by atoms with Crippen molar-refractivity contribution in [1.82, 2.24) is 0 Å². The van der Waals surface area contributed by atoms with E-state index in [-0.39, 0.29) is 0 Å². The lowest BCUT2D eigenvalue weighted by Crippen LogP contribution is -1.92. The highest BCUT2D eigenvalue weighted by Gasteiger charge is 2.00. The summed E-state index contributed by atoms with van der Waals surface area (Å²) in [4.78, 5) is 0. The van der Waals surface area contributed by atoms with Gasteiger partial charge in [-0.3, -0.25) is 0 Å². The minimum Gasteiger partial charge on any atom is -0.0959 e. The molecule has 0 aromatic carbocycles. The molecule has 0 fully saturated rings. The van der Waals surface area contributed by atoms with Gasteiger partial charge in [0.2, 0.25) is 0 Å². The van der Waals surface area contributed by atoms with E-state index in [4.69, 9.17) is 0 Å². The molecule has 0 saturated heterocycles. The second-order valence-electron chi connectivity index (χ2n) is 3.78. The van der Waals surface area contributed by atoms with Crippen LogP contribution >= 0.6 is 0 Å². The molecule has 0 rings (SSSR count). The van der Waals surface area contributed by atoms with E-state index >= 15 is 0 Å². The average molecular weight is 152 g/mol. The van der Waals surface area contributed by atoms with E-state index in [9.17, 15) is 0 Å². The van der Waals surface area contributed by atoms with Gasteiger partial charge in [-0.2, -0.15) is 0 Å². The lowest BCUT2D eigenvalue weighted by Gasteiger charge is -2.09. The highest BCUT2D eigenvalue weighted by atomic mass is 14.1. The van der Waals surface area contributed by atoms with Crippen molar-refractivity contribution in [2.24, 2.45) is 5.92 Å². The topological polar surface area (TPSA) is 0 Å². The van der Waals surface area contributed by atoms with Crippen molar-refractivity contribution in [2.75, 3.05) is 0 Å². The van der Waals surface area contributed by atoms with Gasteiger partial charge in [0.05, 0.1) is 0 Å². The molecule has 0 aliphatic carbocycles. The molecule has 0 spiro atoms. The molecule has 0 aliphatic heterocycles. The molecule has 0 nitrogen and oxygen atoms in total. The van der Waals surface area contributed by atoms with Crippen molar-refractivity contribution >= 4 is 0 Å². The number of hydrogen-bond donors (Lipinski definition) is 0. The summed E-state index contributed by atoms with van der Waals surface area (Å²) in [5, 5.41) is 0. The molecular formula is C11H20. The standard InChI is InChI=1S/C11H20/c1-8(2)7-10(5)11(6)9(3)4/h8H,3,7H2,1-2,4-6H3/b11-10-. The van der Waals surface area contributed by atoms with Crippen LogP contribution in [0.5, 0.6) is 0 Å². The Hall–Kier alpha value is -0.520. The molecule has 0 aromatic rings. The van der Waals surface area contributed by atoms with Crippen molar-refractivity contribution in [1.29, 1.82) is 0 Å². The monoisotopic (exact) mass is 152 g/mol. The fourth-order valence-corrected chi connectivity index (χ4v) is 1.13. The third-order valence-corrected chi connectivity index (χ3v) is 1.99. The fourth-order valence-electron chi connectivity index (χ4n) is 1.13. The van der Waals surface area contributed by atoms with Crippen LogP contribution in [0.4, 0.5) is 0 Å². The molecule has 0 amide bonds. The van der Waals surface area contributed by atoms with Gasteiger partial charge in [-0.05, 0) is 38.7 Å². The van der Waals surface area contributed by atoms with Crippen LogP contribution in [0.1, 0.15) is 41.0 Å². The van der Waals surface area contributed by atoms with E-state index in [1.165, 1.54) is 23.1 Å². The Morgan fingerprint density at radius 3 is 1.91 bits per heavy atom. The molecule has 0 aromatic heterocycles. The highest BCUT2D eigenvalue weighted by Crippen LogP contribution is 2.18. The largest absolute Gasteiger partial charge is 0.0959 e. The maximum Gasteiger partial charge on any atom is -0.0294 e.